The Morgan fingerprint density at radius 1 is 1.16 bits per heavy atom. The van der Waals surface area contributed by atoms with Gasteiger partial charge < -0.3 is 15.7 Å². The minimum absolute atomic E-state index is 0.238. The first kappa shape index (κ1) is 23.7. The zero-order valence-electron chi connectivity index (χ0n) is 20.5. The first-order valence-corrected chi connectivity index (χ1v) is 12.9. The lowest BCUT2D eigenvalue weighted by atomic mass is 9.46. The van der Waals surface area contributed by atoms with Crippen molar-refractivity contribution in [3.05, 3.63) is 11.6 Å². The molecule has 3 saturated carbocycles. The Morgan fingerprint density at radius 2 is 1.97 bits per heavy atom. The lowest BCUT2D eigenvalue weighted by Gasteiger charge is -2.58. The predicted molar refractivity (Wildman–Crippen MR) is 127 cm³/mol. The van der Waals surface area contributed by atoms with E-state index in [1.165, 1.54) is 31.3 Å². The van der Waals surface area contributed by atoms with Gasteiger partial charge in [-0.1, -0.05) is 37.6 Å². The number of hydrogen-bond donors (Lipinski definition) is 3. The maximum Gasteiger partial charge on any atom is 0.433 e. The van der Waals surface area contributed by atoms with Gasteiger partial charge in [0.2, 0.25) is 0 Å². The molecule has 3 N–H and O–H groups in total. The lowest BCUT2D eigenvalue weighted by molar-refractivity contribution is -0.0479. The third-order valence-electron chi connectivity index (χ3n) is 9.69. The van der Waals surface area contributed by atoms with Crippen molar-refractivity contribution < 1.29 is 14.7 Å². The topological polar surface area (TPSA) is 83.0 Å². The molecule has 0 aromatic rings. The summed E-state index contributed by atoms with van der Waals surface area (Å²) in [4.78, 5) is 17.2. The standard InChI is InChI=1S/C26H43N3O3/c1-5-27-14-15-28-24(31)32-29-17(2)21-8-9-22-20-7-6-18-16-19(30)10-12-25(18,3)23(20)11-13-26(21,22)4/h16,19-23,27,30H,5-15H2,1-4H3,(H,28,31)/b29-17+/t19-,20+,21-,22+,23+,25+,26-/m1/s1. The van der Waals surface area contributed by atoms with Crippen molar-refractivity contribution in [3.8, 4) is 0 Å². The lowest BCUT2D eigenvalue weighted by Crippen LogP contribution is -2.51. The van der Waals surface area contributed by atoms with Crippen LogP contribution in [0.15, 0.2) is 16.8 Å². The summed E-state index contributed by atoms with van der Waals surface area (Å²) < 4.78 is 0. The summed E-state index contributed by atoms with van der Waals surface area (Å²) >= 11 is 0. The van der Waals surface area contributed by atoms with E-state index in [-0.39, 0.29) is 16.9 Å². The molecule has 0 heterocycles. The zero-order valence-corrected chi connectivity index (χ0v) is 20.5. The fourth-order valence-electron chi connectivity index (χ4n) is 8.04. The maximum absolute atomic E-state index is 12.0. The molecule has 4 rings (SSSR count). The first-order chi connectivity index (χ1) is 15.3. The Balaban J connectivity index is 1.42. The van der Waals surface area contributed by atoms with Crippen molar-refractivity contribution in [1.29, 1.82) is 0 Å². The zero-order chi connectivity index (χ0) is 22.9. The molecule has 6 heteroatoms. The fraction of sp³-hybridized carbons (Fsp3) is 0.846. The minimum atomic E-state index is -0.468. The number of nitrogens with zero attached hydrogens (tertiary/aromatic N) is 1. The van der Waals surface area contributed by atoms with Gasteiger partial charge >= 0.3 is 6.09 Å². The Bertz CT molecular complexity index is 765. The number of fused-ring (bicyclic) bond motifs is 5. The molecule has 32 heavy (non-hydrogen) atoms. The van der Waals surface area contributed by atoms with Crippen LogP contribution in [-0.2, 0) is 4.84 Å². The van der Waals surface area contributed by atoms with Gasteiger partial charge in [0.05, 0.1) is 11.8 Å². The summed E-state index contributed by atoms with van der Waals surface area (Å²) in [5, 5.41) is 20.4. The Labute approximate surface area is 193 Å². The molecule has 0 radical (unpaired) electrons. The first-order valence-electron chi connectivity index (χ1n) is 12.9. The highest BCUT2D eigenvalue weighted by Gasteiger charge is 2.59. The summed E-state index contributed by atoms with van der Waals surface area (Å²) in [7, 11) is 0. The SMILES string of the molecule is CCNCCNC(=O)O/N=C(\C)[C@H]1CC[C@H]2[C@@H]3CCC4=C[C@H](O)CC[C@]4(C)[C@H]3CC[C@]12C. The van der Waals surface area contributed by atoms with Gasteiger partial charge in [-0.25, -0.2) is 4.79 Å². The molecular formula is C26H43N3O3. The van der Waals surface area contributed by atoms with Crippen LogP contribution >= 0.6 is 0 Å². The van der Waals surface area contributed by atoms with Crippen LogP contribution in [0.2, 0.25) is 0 Å². The van der Waals surface area contributed by atoms with E-state index in [0.717, 1.165) is 62.2 Å². The number of aliphatic hydroxyl groups excluding tert-OH is 1. The number of carbonyl (C=O) groups excluding carboxylic acids is 1. The molecule has 0 saturated heterocycles. The van der Waals surface area contributed by atoms with E-state index in [0.29, 0.717) is 12.5 Å². The van der Waals surface area contributed by atoms with Crippen molar-refractivity contribution in [3.63, 3.8) is 0 Å². The van der Waals surface area contributed by atoms with Crippen LogP contribution in [-0.4, -0.2) is 42.6 Å². The number of amides is 1. The molecule has 0 aromatic heterocycles. The highest BCUT2D eigenvalue weighted by Crippen LogP contribution is 2.66. The van der Waals surface area contributed by atoms with Crippen LogP contribution in [0.4, 0.5) is 4.79 Å². The van der Waals surface area contributed by atoms with Crippen molar-refractivity contribution in [2.75, 3.05) is 19.6 Å². The van der Waals surface area contributed by atoms with E-state index in [1.54, 1.807) is 0 Å². The molecule has 0 aliphatic heterocycles. The number of oxime groups is 1. The number of allylic oxidation sites excluding steroid dienone is 1. The third-order valence-corrected chi connectivity index (χ3v) is 9.69. The summed E-state index contributed by atoms with van der Waals surface area (Å²) in [6, 6.07) is 0. The number of rotatable bonds is 6. The quantitative estimate of drug-likeness (QED) is 0.183. The molecule has 180 valence electrons. The van der Waals surface area contributed by atoms with Crippen LogP contribution < -0.4 is 10.6 Å². The summed E-state index contributed by atoms with van der Waals surface area (Å²) in [5.74, 6) is 2.61. The van der Waals surface area contributed by atoms with E-state index in [2.05, 4.69) is 35.7 Å². The van der Waals surface area contributed by atoms with Crippen LogP contribution in [0.25, 0.3) is 0 Å². The average Bonchev–Trinajstić information content (AvgIpc) is 3.13. The van der Waals surface area contributed by atoms with E-state index in [9.17, 15) is 9.90 Å². The Kier molecular flexibility index (Phi) is 7.02. The van der Waals surface area contributed by atoms with Crippen molar-refractivity contribution >= 4 is 11.8 Å². The van der Waals surface area contributed by atoms with Crippen LogP contribution in [0.5, 0.6) is 0 Å². The molecule has 4 aliphatic rings. The predicted octanol–water partition coefficient (Wildman–Crippen LogP) is 4.64. The van der Waals surface area contributed by atoms with Gasteiger partial charge in [0, 0.05) is 19.0 Å². The molecule has 0 bridgehead atoms. The molecule has 6 nitrogen and oxygen atoms in total. The van der Waals surface area contributed by atoms with Gasteiger partial charge in [0.25, 0.3) is 0 Å². The van der Waals surface area contributed by atoms with Crippen molar-refractivity contribution in [1.82, 2.24) is 10.6 Å². The van der Waals surface area contributed by atoms with Gasteiger partial charge in [-0.3, -0.25) is 4.84 Å². The molecule has 0 spiro atoms. The highest BCUT2D eigenvalue weighted by molar-refractivity contribution is 5.85. The summed E-state index contributed by atoms with van der Waals surface area (Å²) in [5.41, 5.74) is 3.02. The van der Waals surface area contributed by atoms with Crippen molar-refractivity contribution in [2.45, 2.75) is 85.2 Å². The van der Waals surface area contributed by atoms with Gasteiger partial charge in [0.1, 0.15) is 0 Å². The number of likely N-dealkylation sites (N-methyl/N-ethyl adjacent to an activating group) is 1. The fourth-order valence-corrected chi connectivity index (χ4v) is 8.04. The molecule has 0 unspecified atom stereocenters. The highest BCUT2D eigenvalue weighted by atomic mass is 16.7. The summed E-state index contributed by atoms with van der Waals surface area (Å²) in [6.45, 7) is 11.2. The minimum Gasteiger partial charge on any atom is -0.389 e. The smallest absolute Gasteiger partial charge is 0.389 e. The second kappa shape index (κ2) is 9.46. The Hall–Kier alpha value is -1.40. The number of carbonyl (C=O) groups is 1. The van der Waals surface area contributed by atoms with Crippen LogP contribution in [0.1, 0.15) is 79.1 Å². The number of nitrogens with one attached hydrogen (secondary N) is 2. The Morgan fingerprint density at radius 3 is 2.75 bits per heavy atom. The van der Waals surface area contributed by atoms with Gasteiger partial charge in [0.15, 0.2) is 0 Å². The van der Waals surface area contributed by atoms with E-state index in [4.69, 9.17) is 4.84 Å². The third kappa shape index (κ3) is 4.25. The van der Waals surface area contributed by atoms with E-state index < -0.39 is 6.09 Å². The van der Waals surface area contributed by atoms with Crippen molar-refractivity contribution in [2.24, 2.45) is 39.7 Å². The normalized spacial score (nSPS) is 41.2. The average molecular weight is 446 g/mol. The van der Waals surface area contributed by atoms with E-state index in [1.807, 2.05) is 13.8 Å². The second-order valence-corrected chi connectivity index (χ2v) is 11.2. The van der Waals surface area contributed by atoms with E-state index >= 15 is 0 Å². The summed E-state index contributed by atoms with van der Waals surface area (Å²) in [6.07, 6.45) is 10.8. The molecule has 4 aliphatic carbocycles. The molecule has 3 fully saturated rings. The maximum atomic E-state index is 12.0. The van der Waals surface area contributed by atoms with Gasteiger partial charge in [-0.05, 0) is 93.4 Å². The monoisotopic (exact) mass is 445 g/mol. The van der Waals surface area contributed by atoms with Crippen LogP contribution in [0.3, 0.4) is 0 Å². The van der Waals surface area contributed by atoms with Crippen LogP contribution in [0, 0.1) is 34.5 Å². The number of aliphatic hydroxyl groups is 1. The van der Waals surface area contributed by atoms with Gasteiger partial charge in [-0.2, -0.15) is 0 Å². The molecule has 1 amide bonds. The second-order valence-electron chi connectivity index (χ2n) is 11.2. The largest absolute Gasteiger partial charge is 0.433 e. The molecular weight excluding hydrogens is 402 g/mol. The van der Waals surface area contributed by atoms with Gasteiger partial charge in [-0.15, -0.1) is 0 Å². The molecule has 0 aromatic carbocycles. The number of hydrogen-bond acceptors (Lipinski definition) is 5. The molecule has 7 atom stereocenters.